The third kappa shape index (κ3) is 4.63. The van der Waals surface area contributed by atoms with Gasteiger partial charge in [0.25, 0.3) is 5.91 Å². The summed E-state index contributed by atoms with van der Waals surface area (Å²) in [4.78, 5) is 21.2. The first-order valence-electron chi connectivity index (χ1n) is 9.89. The molecule has 1 amide bonds. The van der Waals surface area contributed by atoms with E-state index in [1.165, 1.54) is 11.3 Å². The SMILES string of the molecule is CSc1cccc(C(=O)N(CCn2nc(C)cc2C)c2nc3c(C)cc(Cl)cc3s2)c1. The molecule has 0 unspecified atom stereocenters. The Kier molecular flexibility index (Phi) is 6.36. The molecule has 31 heavy (non-hydrogen) atoms. The van der Waals surface area contributed by atoms with Crippen molar-refractivity contribution in [2.45, 2.75) is 32.2 Å². The second-order valence-electron chi connectivity index (χ2n) is 7.40. The van der Waals surface area contributed by atoms with Gasteiger partial charge in [-0.3, -0.25) is 14.4 Å². The van der Waals surface area contributed by atoms with Gasteiger partial charge in [-0.05, 0) is 69.0 Å². The third-order valence-electron chi connectivity index (χ3n) is 5.07. The van der Waals surface area contributed by atoms with Crippen LogP contribution in [-0.4, -0.2) is 33.5 Å². The van der Waals surface area contributed by atoms with Gasteiger partial charge in [0.15, 0.2) is 5.13 Å². The van der Waals surface area contributed by atoms with Crippen LogP contribution in [0.2, 0.25) is 5.02 Å². The minimum atomic E-state index is -0.0692. The largest absolute Gasteiger partial charge is 0.282 e. The lowest BCUT2D eigenvalue weighted by atomic mass is 10.2. The van der Waals surface area contributed by atoms with Crippen molar-refractivity contribution in [1.82, 2.24) is 14.8 Å². The van der Waals surface area contributed by atoms with Crippen molar-refractivity contribution in [3.8, 4) is 0 Å². The number of anilines is 1. The van der Waals surface area contributed by atoms with Crippen molar-refractivity contribution >= 4 is 56.0 Å². The van der Waals surface area contributed by atoms with Crippen molar-refractivity contribution in [2.24, 2.45) is 0 Å². The zero-order chi connectivity index (χ0) is 22.1. The molecule has 0 bridgehead atoms. The number of hydrogen-bond acceptors (Lipinski definition) is 5. The van der Waals surface area contributed by atoms with E-state index in [0.29, 0.717) is 28.8 Å². The molecule has 2 aromatic heterocycles. The van der Waals surface area contributed by atoms with E-state index >= 15 is 0 Å². The number of rotatable bonds is 6. The fourth-order valence-corrected chi connectivity index (χ4v) is 5.45. The number of carbonyl (C=O) groups is 1. The molecule has 160 valence electrons. The molecule has 8 heteroatoms. The van der Waals surface area contributed by atoms with E-state index in [-0.39, 0.29) is 5.91 Å². The highest BCUT2D eigenvalue weighted by Crippen LogP contribution is 2.34. The first-order chi connectivity index (χ1) is 14.9. The molecule has 0 fully saturated rings. The molecule has 0 aliphatic carbocycles. The first kappa shape index (κ1) is 21.9. The molecule has 0 saturated carbocycles. The number of thioether (sulfide) groups is 1. The maximum absolute atomic E-state index is 13.6. The zero-order valence-electron chi connectivity index (χ0n) is 17.8. The molecule has 0 spiro atoms. The predicted octanol–water partition coefficient (Wildman–Crippen LogP) is 6.14. The van der Waals surface area contributed by atoms with E-state index in [4.69, 9.17) is 16.6 Å². The number of amides is 1. The van der Waals surface area contributed by atoms with Gasteiger partial charge in [0.05, 0.1) is 22.5 Å². The number of thiazole rings is 1. The summed E-state index contributed by atoms with van der Waals surface area (Å²) in [6, 6.07) is 13.6. The predicted molar refractivity (Wildman–Crippen MR) is 131 cm³/mol. The van der Waals surface area contributed by atoms with Crippen molar-refractivity contribution in [1.29, 1.82) is 0 Å². The summed E-state index contributed by atoms with van der Waals surface area (Å²) in [5, 5.41) is 5.89. The fraction of sp³-hybridized carbons (Fsp3) is 0.261. The third-order valence-corrected chi connectivity index (χ3v) is 7.04. The van der Waals surface area contributed by atoms with Crippen LogP contribution in [0.5, 0.6) is 0 Å². The number of hydrogen-bond donors (Lipinski definition) is 0. The number of aromatic nitrogens is 3. The van der Waals surface area contributed by atoms with Gasteiger partial charge in [-0.25, -0.2) is 4.98 Å². The molecule has 5 nitrogen and oxygen atoms in total. The van der Waals surface area contributed by atoms with Crippen LogP contribution in [0.15, 0.2) is 47.4 Å². The van der Waals surface area contributed by atoms with E-state index in [1.807, 2.05) is 74.2 Å². The highest BCUT2D eigenvalue weighted by Gasteiger charge is 2.22. The van der Waals surface area contributed by atoms with Crippen LogP contribution in [0.3, 0.4) is 0 Å². The normalized spacial score (nSPS) is 11.3. The zero-order valence-corrected chi connectivity index (χ0v) is 20.2. The van der Waals surface area contributed by atoms with Crippen LogP contribution in [0.1, 0.15) is 27.3 Å². The number of benzene rings is 2. The summed E-state index contributed by atoms with van der Waals surface area (Å²) in [5.74, 6) is -0.0692. The lowest BCUT2D eigenvalue weighted by Crippen LogP contribution is -2.34. The average molecular weight is 471 g/mol. The van der Waals surface area contributed by atoms with Crippen LogP contribution in [0, 0.1) is 20.8 Å². The molecular formula is C23H23ClN4OS2. The van der Waals surface area contributed by atoms with E-state index < -0.39 is 0 Å². The Morgan fingerprint density at radius 1 is 1.19 bits per heavy atom. The minimum absolute atomic E-state index is 0.0692. The maximum atomic E-state index is 13.6. The summed E-state index contributed by atoms with van der Waals surface area (Å²) in [6.45, 7) is 7.04. The van der Waals surface area contributed by atoms with Gasteiger partial charge in [-0.2, -0.15) is 5.10 Å². The topological polar surface area (TPSA) is 51.0 Å². The summed E-state index contributed by atoms with van der Waals surface area (Å²) < 4.78 is 2.91. The molecule has 0 aliphatic heterocycles. The van der Waals surface area contributed by atoms with E-state index in [9.17, 15) is 4.79 Å². The Morgan fingerprint density at radius 2 is 2.00 bits per heavy atom. The summed E-state index contributed by atoms with van der Waals surface area (Å²) >= 11 is 9.35. The van der Waals surface area contributed by atoms with Crippen molar-refractivity contribution in [3.05, 3.63) is 70.0 Å². The summed E-state index contributed by atoms with van der Waals surface area (Å²) in [6.07, 6.45) is 2.00. The Balaban J connectivity index is 1.73. The molecule has 0 radical (unpaired) electrons. The smallest absolute Gasteiger partial charge is 0.260 e. The quantitative estimate of drug-likeness (QED) is 0.317. The van der Waals surface area contributed by atoms with Gasteiger partial charge in [0.1, 0.15) is 0 Å². The minimum Gasteiger partial charge on any atom is -0.282 e. The van der Waals surface area contributed by atoms with Crippen LogP contribution in [0.25, 0.3) is 10.2 Å². The average Bonchev–Trinajstić information content (AvgIpc) is 3.30. The second-order valence-corrected chi connectivity index (χ2v) is 9.73. The van der Waals surface area contributed by atoms with Crippen molar-refractivity contribution < 1.29 is 4.79 Å². The van der Waals surface area contributed by atoms with Crippen molar-refractivity contribution in [3.63, 3.8) is 0 Å². The molecule has 0 atom stereocenters. The molecule has 0 aliphatic rings. The van der Waals surface area contributed by atoms with Gasteiger partial charge < -0.3 is 0 Å². The van der Waals surface area contributed by atoms with E-state index in [0.717, 1.165) is 32.1 Å². The maximum Gasteiger partial charge on any atom is 0.260 e. The molecule has 4 rings (SSSR count). The van der Waals surface area contributed by atoms with E-state index in [2.05, 4.69) is 5.10 Å². The molecule has 2 heterocycles. The van der Waals surface area contributed by atoms with E-state index in [1.54, 1.807) is 16.7 Å². The van der Waals surface area contributed by atoms with Gasteiger partial charge in [-0.15, -0.1) is 11.8 Å². The van der Waals surface area contributed by atoms with Gasteiger partial charge in [0.2, 0.25) is 0 Å². The fourth-order valence-electron chi connectivity index (χ4n) is 3.55. The van der Waals surface area contributed by atoms with Crippen LogP contribution in [0.4, 0.5) is 5.13 Å². The highest BCUT2D eigenvalue weighted by atomic mass is 35.5. The number of aryl methyl sites for hydroxylation is 3. The number of carbonyl (C=O) groups excluding carboxylic acids is 1. The second kappa shape index (κ2) is 9.02. The van der Waals surface area contributed by atoms with Crippen LogP contribution in [-0.2, 0) is 6.54 Å². The molecule has 2 aromatic carbocycles. The van der Waals surface area contributed by atoms with Gasteiger partial charge in [-0.1, -0.05) is 29.0 Å². The van der Waals surface area contributed by atoms with Gasteiger partial charge in [0, 0.05) is 27.7 Å². The highest BCUT2D eigenvalue weighted by molar-refractivity contribution is 7.98. The van der Waals surface area contributed by atoms with Crippen molar-refractivity contribution in [2.75, 3.05) is 17.7 Å². The monoisotopic (exact) mass is 470 g/mol. The Morgan fingerprint density at radius 3 is 2.71 bits per heavy atom. The Labute approximate surface area is 195 Å². The number of halogens is 1. The van der Waals surface area contributed by atoms with Gasteiger partial charge >= 0.3 is 0 Å². The lowest BCUT2D eigenvalue weighted by molar-refractivity contribution is 0.0985. The van der Waals surface area contributed by atoms with Crippen LogP contribution < -0.4 is 4.90 Å². The summed E-state index contributed by atoms with van der Waals surface area (Å²) in [7, 11) is 0. The number of nitrogens with zero attached hydrogens (tertiary/aromatic N) is 4. The number of fused-ring (bicyclic) bond motifs is 1. The molecular weight excluding hydrogens is 448 g/mol. The molecule has 0 saturated heterocycles. The molecule has 0 N–H and O–H groups in total. The first-order valence-corrected chi connectivity index (χ1v) is 12.3. The Hall–Kier alpha value is -2.35. The lowest BCUT2D eigenvalue weighted by Gasteiger charge is -2.20. The molecule has 4 aromatic rings. The Bertz CT molecular complexity index is 1260. The standard InChI is InChI=1S/C23H23ClN4OS2/c1-14-10-18(24)13-20-21(14)25-23(31-20)27(8-9-28-16(3)11-15(2)26-28)22(29)17-6-5-7-19(12-17)30-4/h5-7,10-13H,8-9H2,1-4H3. The summed E-state index contributed by atoms with van der Waals surface area (Å²) in [5.41, 5.74) is 4.57. The van der Waals surface area contributed by atoms with Crippen LogP contribution >= 0.6 is 34.7 Å².